The predicted molar refractivity (Wildman–Crippen MR) is 112 cm³/mol. The van der Waals surface area contributed by atoms with Crippen LogP contribution in [-0.4, -0.2) is 34.6 Å². The van der Waals surface area contributed by atoms with Gasteiger partial charge in [-0.1, -0.05) is 12.1 Å². The van der Waals surface area contributed by atoms with Crippen LogP contribution in [0.4, 0.5) is 11.4 Å². The van der Waals surface area contributed by atoms with Crippen LogP contribution in [0.1, 0.15) is 15.9 Å². The number of nitro benzene ring substituents is 1. The minimum Gasteiger partial charge on any atom is -0.493 e. The van der Waals surface area contributed by atoms with Crippen molar-refractivity contribution in [2.75, 3.05) is 19.5 Å². The number of carbonyl (C=O) groups is 1. The van der Waals surface area contributed by atoms with E-state index in [9.17, 15) is 24.5 Å². The number of benzene rings is 2. The lowest BCUT2D eigenvalue weighted by atomic mass is 10.1. The summed E-state index contributed by atoms with van der Waals surface area (Å²) in [5.41, 5.74) is -1.89. The normalized spacial score (nSPS) is 10.4. The van der Waals surface area contributed by atoms with Crippen LogP contribution >= 0.6 is 0 Å². The molecule has 0 aliphatic rings. The molecule has 3 rings (SSSR count). The van der Waals surface area contributed by atoms with Crippen LogP contribution in [0.2, 0.25) is 0 Å². The molecule has 0 spiro atoms. The third-order valence-electron chi connectivity index (χ3n) is 4.53. The maximum atomic E-state index is 13.0. The average Bonchev–Trinajstić information content (AvgIpc) is 2.74. The summed E-state index contributed by atoms with van der Waals surface area (Å²) in [6.45, 7) is 1.58. The molecule has 1 amide bonds. The number of H-pyrrole nitrogens is 1. The summed E-state index contributed by atoms with van der Waals surface area (Å²) in [5.74, 6) is -0.249. The molecule has 1 aromatic heterocycles. The van der Waals surface area contributed by atoms with Crippen LogP contribution in [0, 0.1) is 17.0 Å². The summed E-state index contributed by atoms with van der Waals surface area (Å²) in [6.07, 6.45) is 0.960. The fraction of sp³-hybridized carbons (Fsp3) is 0.150. The first-order valence-electron chi connectivity index (χ1n) is 8.91. The number of nitrogens with one attached hydrogen (secondary N) is 2. The molecule has 0 bridgehead atoms. The number of aryl methyl sites for hydroxylation is 1. The molecule has 1 heterocycles. The highest BCUT2D eigenvalue weighted by Crippen LogP contribution is 2.29. The van der Waals surface area contributed by atoms with Crippen LogP contribution < -0.4 is 26.0 Å². The number of ether oxygens (including phenoxy) is 2. The molecule has 11 nitrogen and oxygen atoms in total. The highest BCUT2D eigenvalue weighted by molar-refractivity contribution is 6.05. The number of anilines is 1. The van der Waals surface area contributed by atoms with E-state index in [4.69, 9.17) is 9.47 Å². The summed E-state index contributed by atoms with van der Waals surface area (Å²) in [7, 11) is 2.83. The molecule has 31 heavy (non-hydrogen) atoms. The molecular weight excluding hydrogens is 408 g/mol. The van der Waals surface area contributed by atoms with Gasteiger partial charge in [-0.25, -0.2) is 9.36 Å². The average molecular weight is 426 g/mol. The van der Waals surface area contributed by atoms with E-state index in [0.717, 1.165) is 10.8 Å². The van der Waals surface area contributed by atoms with E-state index in [1.165, 1.54) is 44.6 Å². The maximum absolute atomic E-state index is 13.0. The summed E-state index contributed by atoms with van der Waals surface area (Å²) < 4.78 is 11.1. The number of nitrogens with zero attached hydrogens (tertiary/aromatic N) is 2. The van der Waals surface area contributed by atoms with Crippen molar-refractivity contribution in [3.8, 4) is 17.2 Å². The van der Waals surface area contributed by atoms with Gasteiger partial charge in [0.25, 0.3) is 17.2 Å². The van der Waals surface area contributed by atoms with Gasteiger partial charge in [0.15, 0.2) is 11.5 Å². The van der Waals surface area contributed by atoms with Gasteiger partial charge in [-0.2, -0.15) is 0 Å². The number of para-hydroxylation sites is 1. The van der Waals surface area contributed by atoms with E-state index in [1.807, 2.05) is 0 Å². The zero-order chi connectivity index (χ0) is 22.7. The Kier molecular flexibility index (Phi) is 5.86. The lowest BCUT2D eigenvalue weighted by molar-refractivity contribution is -0.384. The Balaban J connectivity index is 2.08. The largest absolute Gasteiger partial charge is 0.493 e. The minimum atomic E-state index is -0.912. The summed E-state index contributed by atoms with van der Waals surface area (Å²) in [6, 6.07) is 8.65. The Morgan fingerprint density at radius 3 is 2.48 bits per heavy atom. The third kappa shape index (κ3) is 4.01. The van der Waals surface area contributed by atoms with Gasteiger partial charge in [-0.3, -0.25) is 19.7 Å². The second kappa shape index (κ2) is 8.53. The molecule has 0 unspecified atom stereocenters. The Labute approximate surface area is 175 Å². The van der Waals surface area contributed by atoms with E-state index in [2.05, 4.69) is 10.3 Å². The number of methoxy groups -OCH3 is 2. The molecule has 0 aliphatic heterocycles. The molecular formula is C20H18N4O7. The number of nitro groups is 1. The number of aromatic amines is 1. The molecule has 0 saturated carbocycles. The Morgan fingerprint density at radius 1 is 1.13 bits per heavy atom. The van der Waals surface area contributed by atoms with E-state index in [-0.39, 0.29) is 22.8 Å². The number of amides is 1. The topological polar surface area (TPSA) is 146 Å². The van der Waals surface area contributed by atoms with Gasteiger partial charge in [0.2, 0.25) is 0 Å². The maximum Gasteiger partial charge on any atom is 0.333 e. The fourth-order valence-electron chi connectivity index (χ4n) is 2.98. The van der Waals surface area contributed by atoms with Gasteiger partial charge in [0, 0.05) is 18.3 Å². The van der Waals surface area contributed by atoms with Crippen LogP contribution in [0.15, 0.2) is 52.2 Å². The smallest absolute Gasteiger partial charge is 0.333 e. The Hall–Kier alpha value is -4.41. The van der Waals surface area contributed by atoms with Crippen molar-refractivity contribution in [1.82, 2.24) is 9.55 Å². The van der Waals surface area contributed by atoms with Gasteiger partial charge >= 0.3 is 5.69 Å². The van der Waals surface area contributed by atoms with Gasteiger partial charge in [0.05, 0.1) is 24.8 Å². The molecule has 3 aromatic rings. The molecule has 160 valence electrons. The van der Waals surface area contributed by atoms with Gasteiger partial charge < -0.3 is 19.8 Å². The van der Waals surface area contributed by atoms with Crippen molar-refractivity contribution in [3.63, 3.8) is 0 Å². The van der Waals surface area contributed by atoms with Gasteiger partial charge in [-0.15, -0.1) is 0 Å². The number of hydrogen-bond acceptors (Lipinski definition) is 7. The van der Waals surface area contributed by atoms with Crippen LogP contribution in [0.3, 0.4) is 0 Å². The first kappa shape index (κ1) is 21.3. The number of carbonyl (C=O) groups excluding carboxylic acids is 1. The first-order valence-corrected chi connectivity index (χ1v) is 8.91. The molecule has 0 aliphatic carbocycles. The van der Waals surface area contributed by atoms with Crippen molar-refractivity contribution in [2.45, 2.75) is 6.92 Å². The van der Waals surface area contributed by atoms with E-state index < -0.39 is 27.6 Å². The monoisotopic (exact) mass is 426 g/mol. The van der Waals surface area contributed by atoms with Gasteiger partial charge in [-0.05, 0) is 24.6 Å². The van der Waals surface area contributed by atoms with Gasteiger partial charge in [0.1, 0.15) is 11.3 Å². The van der Waals surface area contributed by atoms with E-state index in [1.54, 1.807) is 13.0 Å². The molecule has 0 atom stereocenters. The molecule has 0 fully saturated rings. The van der Waals surface area contributed by atoms with Crippen molar-refractivity contribution in [1.29, 1.82) is 0 Å². The fourth-order valence-corrected chi connectivity index (χ4v) is 2.98. The third-order valence-corrected chi connectivity index (χ3v) is 4.53. The van der Waals surface area contributed by atoms with E-state index in [0.29, 0.717) is 11.3 Å². The van der Waals surface area contributed by atoms with Crippen molar-refractivity contribution in [3.05, 3.63) is 84.7 Å². The summed E-state index contributed by atoms with van der Waals surface area (Å²) in [5, 5.41) is 13.7. The summed E-state index contributed by atoms with van der Waals surface area (Å²) >= 11 is 0. The molecule has 0 radical (unpaired) electrons. The summed E-state index contributed by atoms with van der Waals surface area (Å²) in [4.78, 5) is 51.0. The second-order valence-corrected chi connectivity index (χ2v) is 6.37. The Morgan fingerprint density at radius 2 is 1.84 bits per heavy atom. The van der Waals surface area contributed by atoms with Crippen LogP contribution in [0.5, 0.6) is 11.5 Å². The van der Waals surface area contributed by atoms with Crippen LogP contribution in [-0.2, 0) is 0 Å². The minimum absolute atomic E-state index is 0.0410. The Bertz CT molecular complexity index is 1290. The highest BCUT2D eigenvalue weighted by Gasteiger charge is 2.22. The molecule has 2 N–H and O–H groups in total. The zero-order valence-electron chi connectivity index (χ0n) is 16.8. The SMILES string of the molecule is COc1ccc(-n2c(=O)[nH]cc(C(=O)Nc3c(C)cccc3[N+](=O)[O-])c2=O)cc1OC. The van der Waals surface area contributed by atoms with Crippen molar-refractivity contribution >= 4 is 17.3 Å². The molecule has 2 aromatic carbocycles. The number of hydrogen-bond donors (Lipinski definition) is 2. The quantitative estimate of drug-likeness (QED) is 0.453. The lowest BCUT2D eigenvalue weighted by Gasteiger charge is -2.12. The predicted octanol–water partition coefficient (Wildman–Crippen LogP) is 2.01. The lowest BCUT2D eigenvalue weighted by Crippen LogP contribution is -2.38. The molecule has 0 saturated heterocycles. The van der Waals surface area contributed by atoms with Crippen molar-refractivity contribution < 1.29 is 19.2 Å². The zero-order valence-corrected chi connectivity index (χ0v) is 16.8. The standard InChI is InChI=1S/C20H18N4O7/c1-11-5-4-6-14(24(28)29)17(11)22-18(25)13-10-21-20(27)23(19(13)26)12-7-8-15(30-2)16(9-12)31-3/h4-10H,1-3H3,(H,21,27)(H,22,25). The van der Waals surface area contributed by atoms with Crippen molar-refractivity contribution in [2.24, 2.45) is 0 Å². The van der Waals surface area contributed by atoms with E-state index >= 15 is 0 Å². The highest BCUT2D eigenvalue weighted by atomic mass is 16.6. The second-order valence-electron chi connectivity index (χ2n) is 6.37. The van der Waals surface area contributed by atoms with Crippen LogP contribution in [0.25, 0.3) is 5.69 Å². The number of rotatable bonds is 6. The molecule has 11 heteroatoms. The first-order chi connectivity index (χ1) is 14.8. The number of aromatic nitrogens is 2.